The predicted molar refractivity (Wildman–Crippen MR) is 152 cm³/mol. The van der Waals surface area contributed by atoms with Gasteiger partial charge in [-0.2, -0.15) is 13.2 Å². The van der Waals surface area contributed by atoms with Gasteiger partial charge in [0, 0.05) is 19.0 Å². The van der Waals surface area contributed by atoms with E-state index in [1.165, 1.54) is 12.1 Å². The lowest BCUT2D eigenvalue weighted by Gasteiger charge is -2.31. The number of hydrogen-bond donors (Lipinski definition) is 2. The van der Waals surface area contributed by atoms with E-state index in [0.717, 1.165) is 47.1 Å². The molecule has 2 heterocycles. The summed E-state index contributed by atoms with van der Waals surface area (Å²) in [5.41, 5.74) is -2.08. The molecule has 3 aromatic rings. The molecule has 0 saturated carbocycles. The Kier molecular flexibility index (Phi) is 8.23. The Morgan fingerprint density at radius 3 is 2.43 bits per heavy atom. The number of aliphatic carboxylic acids is 1. The molecule has 0 aliphatic carbocycles. The molecule has 5 rings (SSSR count). The second-order valence-corrected chi connectivity index (χ2v) is 11.1. The molecule has 2 aliphatic rings. The third-order valence-electron chi connectivity index (χ3n) is 8.41. The minimum atomic E-state index is -4.63. The lowest BCUT2D eigenvalue weighted by atomic mass is 9.76. The third-order valence-corrected chi connectivity index (χ3v) is 8.41. The Morgan fingerprint density at radius 1 is 0.976 bits per heavy atom. The molecule has 2 aliphatic heterocycles. The molecular formula is C33H33F3N2O4. The Hall–Kier alpha value is -3.98. The monoisotopic (exact) mass is 578 g/mol. The highest BCUT2D eigenvalue weighted by atomic mass is 19.4. The molecule has 2 N–H and O–H groups in total. The average molecular weight is 579 g/mol. The number of allylic oxidation sites excluding steroid dienone is 1. The zero-order valence-corrected chi connectivity index (χ0v) is 23.2. The number of rotatable bonds is 10. The first-order chi connectivity index (χ1) is 20.1. The first kappa shape index (κ1) is 29.5. The van der Waals surface area contributed by atoms with Crippen LogP contribution in [0.1, 0.15) is 55.3 Å². The molecule has 0 radical (unpaired) electrons. The summed E-state index contributed by atoms with van der Waals surface area (Å²) in [6.45, 7) is 2.16. The standard InChI is InChI=1S/C33H33F3N2O4/c1-2-3-4-5-6-9-17-38-29(39)26-27(30(38)40)32(31(41)42,20-21-15-16-22-11-7-8-12-23(22)18-21)37-28(26)24-13-10-14-25(19-24)33(34,35)36/h5-8,10-16,18-19,26-28,37H,2-4,9,17,20H2,1H3,(H,41,42)/b6-5+. The van der Waals surface area contributed by atoms with Gasteiger partial charge in [0.25, 0.3) is 0 Å². The first-order valence-electron chi connectivity index (χ1n) is 14.2. The van der Waals surface area contributed by atoms with Crippen LogP contribution in [0.4, 0.5) is 13.2 Å². The lowest BCUT2D eigenvalue weighted by molar-refractivity contribution is -0.151. The molecule has 0 spiro atoms. The first-order valence-corrected chi connectivity index (χ1v) is 14.2. The smallest absolute Gasteiger partial charge is 0.416 e. The van der Waals surface area contributed by atoms with Gasteiger partial charge in [-0.1, -0.05) is 86.5 Å². The number of fused-ring (bicyclic) bond motifs is 2. The van der Waals surface area contributed by atoms with Crippen LogP contribution < -0.4 is 5.32 Å². The molecule has 220 valence electrons. The van der Waals surface area contributed by atoms with Gasteiger partial charge in [-0.25, -0.2) is 0 Å². The molecular weight excluding hydrogens is 545 g/mol. The van der Waals surface area contributed by atoms with Crippen LogP contribution in [0.15, 0.2) is 78.9 Å². The minimum absolute atomic E-state index is 0.0777. The van der Waals surface area contributed by atoms with E-state index in [0.29, 0.717) is 12.0 Å². The Bertz CT molecular complexity index is 1530. The Labute approximate surface area is 242 Å². The highest BCUT2D eigenvalue weighted by Gasteiger charge is 2.68. The number of carboxylic acid groups (broad SMARTS) is 1. The van der Waals surface area contributed by atoms with Crippen molar-refractivity contribution in [3.8, 4) is 0 Å². The van der Waals surface area contributed by atoms with Gasteiger partial charge in [-0.15, -0.1) is 0 Å². The van der Waals surface area contributed by atoms with E-state index in [2.05, 4.69) is 12.2 Å². The van der Waals surface area contributed by atoms with Crippen molar-refractivity contribution in [2.75, 3.05) is 6.54 Å². The fraction of sp³-hybridized carbons (Fsp3) is 0.364. The number of nitrogens with zero attached hydrogens (tertiary/aromatic N) is 1. The fourth-order valence-corrected chi connectivity index (χ4v) is 6.34. The summed E-state index contributed by atoms with van der Waals surface area (Å²) < 4.78 is 40.9. The molecule has 0 aromatic heterocycles. The third kappa shape index (κ3) is 5.45. The van der Waals surface area contributed by atoms with Gasteiger partial charge in [0.15, 0.2) is 0 Å². The maximum Gasteiger partial charge on any atom is 0.416 e. The highest BCUT2D eigenvalue weighted by molar-refractivity contribution is 6.09. The minimum Gasteiger partial charge on any atom is -0.480 e. The number of carbonyl (C=O) groups excluding carboxylic acids is 2. The molecule has 42 heavy (non-hydrogen) atoms. The number of amides is 2. The molecule has 2 fully saturated rings. The molecule has 6 nitrogen and oxygen atoms in total. The number of carbonyl (C=O) groups is 3. The van der Waals surface area contributed by atoms with Gasteiger partial charge < -0.3 is 5.11 Å². The SMILES string of the molecule is CCCC/C=C/CCN1C(=O)C2C(c3cccc(C(F)(F)F)c3)NC(Cc3ccc4ccccc4c3)(C(=O)O)C2C1=O. The van der Waals surface area contributed by atoms with Crippen molar-refractivity contribution >= 4 is 28.6 Å². The van der Waals surface area contributed by atoms with Gasteiger partial charge in [-0.3, -0.25) is 24.6 Å². The van der Waals surface area contributed by atoms with Crippen LogP contribution in [-0.2, 0) is 27.0 Å². The zero-order valence-electron chi connectivity index (χ0n) is 23.2. The molecule has 4 unspecified atom stereocenters. The van der Waals surface area contributed by atoms with E-state index in [1.54, 1.807) is 6.07 Å². The summed E-state index contributed by atoms with van der Waals surface area (Å²) in [7, 11) is 0. The quantitative estimate of drug-likeness (QED) is 0.167. The van der Waals surface area contributed by atoms with E-state index in [4.69, 9.17) is 0 Å². The van der Waals surface area contributed by atoms with Crippen LogP contribution in [0.5, 0.6) is 0 Å². The summed E-state index contributed by atoms with van der Waals surface area (Å²) in [5, 5.41) is 15.5. The number of halogens is 3. The summed E-state index contributed by atoms with van der Waals surface area (Å²) in [6, 6.07) is 16.5. The van der Waals surface area contributed by atoms with E-state index >= 15 is 0 Å². The van der Waals surface area contributed by atoms with Crippen LogP contribution in [0.25, 0.3) is 10.8 Å². The Morgan fingerprint density at radius 2 is 1.71 bits per heavy atom. The van der Waals surface area contributed by atoms with Gasteiger partial charge in [-0.05, 0) is 46.9 Å². The van der Waals surface area contributed by atoms with Crippen LogP contribution in [0, 0.1) is 11.8 Å². The fourth-order valence-electron chi connectivity index (χ4n) is 6.34. The number of benzene rings is 3. The number of hydrogen-bond acceptors (Lipinski definition) is 4. The normalized spacial score (nSPS) is 24.2. The summed E-state index contributed by atoms with van der Waals surface area (Å²) in [5.74, 6) is -4.97. The van der Waals surface area contributed by atoms with Gasteiger partial charge in [0.05, 0.1) is 17.4 Å². The molecule has 0 bridgehead atoms. The zero-order chi connectivity index (χ0) is 30.1. The van der Waals surface area contributed by atoms with Crippen molar-refractivity contribution in [2.45, 2.75) is 56.8 Å². The lowest BCUT2D eigenvalue weighted by Crippen LogP contribution is -2.57. The van der Waals surface area contributed by atoms with E-state index in [1.807, 2.05) is 48.6 Å². The Balaban J connectivity index is 1.55. The summed E-state index contributed by atoms with van der Waals surface area (Å²) in [6.07, 6.45) is 2.46. The molecule has 3 aromatic carbocycles. The van der Waals surface area contributed by atoms with Gasteiger partial charge in [0.1, 0.15) is 5.54 Å². The van der Waals surface area contributed by atoms with Crippen LogP contribution in [0.2, 0.25) is 0 Å². The average Bonchev–Trinajstić information content (AvgIpc) is 3.44. The van der Waals surface area contributed by atoms with Gasteiger partial charge >= 0.3 is 12.1 Å². The predicted octanol–water partition coefficient (Wildman–Crippen LogP) is 6.31. The van der Waals surface area contributed by atoms with E-state index in [9.17, 15) is 32.7 Å². The van der Waals surface area contributed by atoms with E-state index < -0.39 is 52.9 Å². The largest absolute Gasteiger partial charge is 0.480 e. The number of unbranched alkanes of at least 4 members (excludes halogenated alkanes) is 2. The van der Waals surface area contributed by atoms with Crippen molar-refractivity contribution in [1.29, 1.82) is 0 Å². The molecule has 9 heteroatoms. The number of nitrogens with one attached hydrogen (secondary N) is 1. The number of likely N-dealkylation sites (tertiary alicyclic amines) is 1. The number of alkyl halides is 3. The highest BCUT2D eigenvalue weighted by Crippen LogP contribution is 2.50. The number of carboxylic acids is 1. The molecule has 2 saturated heterocycles. The maximum absolute atomic E-state index is 13.9. The topological polar surface area (TPSA) is 86.7 Å². The second kappa shape index (κ2) is 11.7. The molecule has 4 atom stereocenters. The van der Waals surface area contributed by atoms with Crippen LogP contribution >= 0.6 is 0 Å². The van der Waals surface area contributed by atoms with Gasteiger partial charge in [0.2, 0.25) is 11.8 Å². The van der Waals surface area contributed by atoms with Crippen molar-refractivity contribution in [3.63, 3.8) is 0 Å². The second-order valence-electron chi connectivity index (χ2n) is 11.1. The summed E-state index contributed by atoms with van der Waals surface area (Å²) >= 11 is 0. The van der Waals surface area contributed by atoms with E-state index in [-0.39, 0.29) is 18.5 Å². The van der Waals surface area contributed by atoms with Crippen molar-refractivity contribution in [1.82, 2.24) is 10.2 Å². The van der Waals surface area contributed by atoms with Crippen molar-refractivity contribution in [3.05, 3.63) is 95.6 Å². The van der Waals surface area contributed by atoms with Crippen molar-refractivity contribution in [2.24, 2.45) is 11.8 Å². The number of imide groups is 1. The van der Waals surface area contributed by atoms with Crippen molar-refractivity contribution < 1.29 is 32.7 Å². The van der Waals surface area contributed by atoms with Crippen LogP contribution in [-0.4, -0.2) is 39.9 Å². The van der Waals surface area contributed by atoms with Crippen LogP contribution in [0.3, 0.4) is 0 Å². The summed E-state index contributed by atoms with van der Waals surface area (Å²) in [4.78, 5) is 41.9. The molecule has 2 amide bonds. The maximum atomic E-state index is 13.9.